The average molecular weight is 369 g/mol. The predicted molar refractivity (Wildman–Crippen MR) is 109 cm³/mol. The van der Waals surface area contributed by atoms with E-state index in [1.165, 1.54) is 71.1 Å². The molecule has 2 aromatic heterocycles. The van der Waals surface area contributed by atoms with Crippen molar-refractivity contribution in [3.63, 3.8) is 0 Å². The van der Waals surface area contributed by atoms with E-state index in [9.17, 15) is 0 Å². The topological polar surface area (TPSA) is 63.2 Å². The van der Waals surface area contributed by atoms with E-state index in [4.69, 9.17) is 5.73 Å². The summed E-state index contributed by atoms with van der Waals surface area (Å²) in [6.07, 6.45) is 13.1. The first-order valence-corrected chi connectivity index (χ1v) is 10.7. The van der Waals surface area contributed by atoms with Crippen LogP contribution >= 0.6 is 0 Å². The predicted octanol–water partition coefficient (Wildman–Crippen LogP) is 2.91. The maximum atomic E-state index is 6.02. The van der Waals surface area contributed by atoms with Crippen LogP contribution in [0.5, 0.6) is 0 Å². The number of rotatable bonds is 3. The van der Waals surface area contributed by atoms with Gasteiger partial charge in [-0.05, 0) is 83.6 Å². The highest BCUT2D eigenvalue weighted by molar-refractivity contribution is 5.86. The molecule has 0 bridgehead atoms. The second-order valence-corrected chi connectivity index (χ2v) is 9.13. The lowest BCUT2D eigenvalue weighted by atomic mass is 9.84. The molecule has 5 rings (SSSR count). The summed E-state index contributed by atoms with van der Waals surface area (Å²) in [6.45, 7) is 5.12. The Morgan fingerprint density at radius 3 is 2.85 bits per heavy atom. The van der Waals surface area contributed by atoms with Crippen molar-refractivity contribution in [1.29, 1.82) is 0 Å². The summed E-state index contributed by atoms with van der Waals surface area (Å²) >= 11 is 0. The molecule has 0 amide bonds. The van der Waals surface area contributed by atoms with Gasteiger partial charge in [0, 0.05) is 24.3 Å². The summed E-state index contributed by atoms with van der Waals surface area (Å²) in [5.74, 6) is 1.40. The summed E-state index contributed by atoms with van der Waals surface area (Å²) in [7, 11) is 2.27. The van der Waals surface area contributed by atoms with Gasteiger partial charge in [-0.15, -0.1) is 0 Å². The SMILES string of the molecule is CN1CCC2(CCCN2C[C@@H]2CC[C@H](n3ccc4c(N)ncnc43)C2)CC1. The zero-order valence-electron chi connectivity index (χ0n) is 16.5. The summed E-state index contributed by atoms with van der Waals surface area (Å²) in [5, 5.41) is 0.991. The van der Waals surface area contributed by atoms with E-state index in [0.29, 0.717) is 17.4 Å². The van der Waals surface area contributed by atoms with Crippen LogP contribution in [-0.2, 0) is 0 Å². The van der Waals surface area contributed by atoms with Gasteiger partial charge in [0.05, 0.1) is 5.39 Å². The van der Waals surface area contributed by atoms with Gasteiger partial charge >= 0.3 is 0 Å². The fourth-order valence-electron chi connectivity index (χ4n) is 5.94. The van der Waals surface area contributed by atoms with Crippen LogP contribution < -0.4 is 5.73 Å². The van der Waals surface area contributed by atoms with Crippen LogP contribution in [0.4, 0.5) is 5.82 Å². The highest BCUT2D eigenvalue weighted by Crippen LogP contribution is 2.42. The molecule has 146 valence electrons. The Bertz CT molecular complexity index is 806. The lowest BCUT2D eigenvalue weighted by Gasteiger charge is -2.45. The highest BCUT2D eigenvalue weighted by atomic mass is 15.2. The third kappa shape index (κ3) is 3.03. The van der Waals surface area contributed by atoms with Crippen LogP contribution in [0.1, 0.15) is 51.0 Å². The van der Waals surface area contributed by atoms with Gasteiger partial charge in [-0.2, -0.15) is 0 Å². The van der Waals surface area contributed by atoms with Crippen molar-refractivity contribution in [3.05, 3.63) is 18.6 Å². The molecule has 4 heterocycles. The largest absolute Gasteiger partial charge is 0.383 e. The standard InChI is InChI=1S/C21H32N6/c1-25-11-7-21(8-12-25)6-2-9-26(21)14-16-3-4-17(13-16)27-10-5-18-19(22)23-15-24-20(18)27/h5,10,15-17H,2-4,6-9,11-14H2,1H3,(H2,22,23,24)/t16-,17+/m1/s1. The molecule has 2 aromatic rings. The Balaban J connectivity index is 1.28. The minimum absolute atomic E-state index is 0.506. The molecule has 1 saturated carbocycles. The number of hydrogen-bond donors (Lipinski definition) is 1. The second-order valence-electron chi connectivity index (χ2n) is 9.13. The third-order valence-corrected chi connectivity index (χ3v) is 7.58. The normalized spacial score (nSPS) is 29.2. The van der Waals surface area contributed by atoms with Crippen LogP contribution in [0.25, 0.3) is 11.0 Å². The maximum Gasteiger partial charge on any atom is 0.145 e. The Morgan fingerprint density at radius 2 is 2.00 bits per heavy atom. The van der Waals surface area contributed by atoms with Crippen molar-refractivity contribution in [1.82, 2.24) is 24.3 Å². The average Bonchev–Trinajstić information content (AvgIpc) is 3.38. The van der Waals surface area contributed by atoms with Gasteiger partial charge in [-0.1, -0.05) is 0 Å². The number of anilines is 1. The number of hydrogen-bond acceptors (Lipinski definition) is 5. The number of nitrogen functional groups attached to an aromatic ring is 1. The second kappa shape index (κ2) is 6.74. The van der Waals surface area contributed by atoms with Crippen LogP contribution in [-0.4, -0.2) is 63.1 Å². The molecule has 6 nitrogen and oxygen atoms in total. The molecular formula is C21H32N6. The first-order chi connectivity index (χ1) is 13.1. The summed E-state index contributed by atoms with van der Waals surface area (Å²) in [5.41, 5.74) is 7.53. The van der Waals surface area contributed by atoms with Gasteiger partial charge in [0.15, 0.2) is 0 Å². The smallest absolute Gasteiger partial charge is 0.145 e. The molecule has 2 atom stereocenters. The fourth-order valence-corrected chi connectivity index (χ4v) is 5.94. The Kier molecular flexibility index (Phi) is 4.36. The molecule has 0 unspecified atom stereocenters. The minimum Gasteiger partial charge on any atom is -0.383 e. The highest BCUT2D eigenvalue weighted by Gasteiger charge is 2.43. The molecule has 1 spiro atoms. The quantitative estimate of drug-likeness (QED) is 0.902. The first-order valence-electron chi connectivity index (χ1n) is 10.7. The zero-order chi connectivity index (χ0) is 18.4. The van der Waals surface area contributed by atoms with Gasteiger partial charge in [0.1, 0.15) is 17.8 Å². The number of likely N-dealkylation sites (tertiary alicyclic amines) is 2. The molecule has 27 heavy (non-hydrogen) atoms. The first kappa shape index (κ1) is 17.4. The fraction of sp³-hybridized carbons (Fsp3) is 0.714. The Labute approximate surface area is 161 Å². The number of aromatic nitrogens is 3. The lowest BCUT2D eigenvalue weighted by molar-refractivity contribution is 0.0509. The van der Waals surface area contributed by atoms with E-state index in [0.717, 1.165) is 17.0 Å². The van der Waals surface area contributed by atoms with E-state index in [2.05, 4.69) is 43.6 Å². The van der Waals surface area contributed by atoms with Crippen LogP contribution in [0.15, 0.2) is 18.6 Å². The van der Waals surface area contributed by atoms with Crippen molar-refractivity contribution in [2.45, 2.75) is 56.5 Å². The van der Waals surface area contributed by atoms with Crippen LogP contribution in [0.3, 0.4) is 0 Å². The van der Waals surface area contributed by atoms with Crippen molar-refractivity contribution in [2.75, 3.05) is 39.0 Å². The molecule has 1 aliphatic carbocycles. The zero-order valence-corrected chi connectivity index (χ0v) is 16.5. The number of nitrogens with zero attached hydrogens (tertiary/aromatic N) is 5. The van der Waals surface area contributed by atoms with E-state index in [1.807, 2.05) is 0 Å². The Hall–Kier alpha value is -1.66. The van der Waals surface area contributed by atoms with Gasteiger partial charge in [-0.25, -0.2) is 9.97 Å². The molecule has 6 heteroatoms. The Morgan fingerprint density at radius 1 is 1.15 bits per heavy atom. The van der Waals surface area contributed by atoms with Crippen molar-refractivity contribution >= 4 is 16.9 Å². The van der Waals surface area contributed by atoms with Crippen LogP contribution in [0.2, 0.25) is 0 Å². The molecular weight excluding hydrogens is 336 g/mol. The molecule has 0 aromatic carbocycles. The lowest BCUT2D eigenvalue weighted by Crippen LogP contribution is -2.52. The molecule has 2 saturated heterocycles. The van der Waals surface area contributed by atoms with Gasteiger partial charge in [-0.3, -0.25) is 4.90 Å². The molecule has 2 aliphatic heterocycles. The number of piperidine rings is 1. The van der Waals surface area contributed by atoms with E-state index in [-0.39, 0.29) is 0 Å². The molecule has 2 N–H and O–H groups in total. The van der Waals surface area contributed by atoms with Gasteiger partial charge in [0.25, 0.3) is 0 Å². The number of fused-ring (bicyclic) bond motifs is 1. The molecule has 3 aliphatic rings. The monoisotopic (exact) mass is 368 g/mol. The van der Waals surface area contributed by atoms with Crippen LogP contribution in [0, 0.1) is 5.92 Å². The number of nitrogens with two attached hydrogens (primary N) is 1. The summed E-state index contributed by atoms with van der Waals surface area (Å²) < 4.78 is 2.35. The van der Waals surface area contributed by atoms with Crippen molar-refractivity contribution in [3.8, 4) is 0 Å². The van der Waals surface area contributed by atoms with E-state index in [1.54, 1.807) is 6.33 Å². The summed E-state index contributed by atoms with van der Waals surface area (Å²) in [4.78, 5) is 14.0. The summed E-state index contributed by atoms with van der Waals surface area (Å²) in [6, 6.07) is 2.63. The van der Waals surface area contributed by atoms with E-state index >= 15 is 0 Å². The van der Waals surface area contributed by atoms with Crippen molar-refractivity contribution in [2.24, 2.45) is 5.92 Å². The maximum absolute atomic E-state index is 6.02. The van der Waals surface area contributed by atoms with E-state index < -0.39 is 0 Å². The minimum atomic E-state index is 0.506. The third-order valence-electron chi connectivity index (χ3n) is 7.58. The van der Waals surface area contributed by atoms with Gasteiger partial charge < -0.3 is 15.2 Å². The molecule has 0 radical (unpaired) electrons. The molecule has 3 fully saturated rings. The van der Waals surface area contributed by atoms with Crippen molar-refractivity contribution < 1.29 is 0 Å². The van der Waals surface area contributed by atoms with Gasteiger partial charge in [0.2, 0.25) is 0 Å².